The van der Waals surface area contributed by atoms with Gasteiger partial charge < -0.3 is 9.71 Å². The molecule has 3 nitrogen and oxygen atoms in total. The third kappa shape index (κ3) is 3.87. The Balaban J connectivity index is 2.10. The molecule has 3 N–H and O–H groups in total. The highest BCUT2D eigenvalue weighted by atomic mass is 32.2. The topological polar surface area (TPSA) is 39.9 Å². The number of fused-ring (bicyclic) bond motifs is 1. The van der Waals surface area contributed by atoms with E-state index in [1.807, 2.05) is 6.26 Å². The van der Waals surface area contributed by atoms with Gasteiger partial charge >= 0.3 is 0 Å². The van der Waals surface area contributed by atoms with E-state index < -0.39 is 0 Å². The highest BCUT2D eigenvalue weighted by Crippen LogP contribution is 2.26. The largest absolute Gasteiger partial charge is 0.357 e. The number of aromatic amines is 1. The van der Waals surface area contributed by atoms with E-state index in [2.05, 4.69) is 46.5 Å². The molecule has 1 aromatic heterocycles. The number of hydrogen-bond acceptors (Lipinski definition) is 4. The second kappa shape index (κ2) is 7.86. The van der Waals surface area contributed by atoms with Crippen molar-refractivity contribution in [3.8, 4) is 0 Å². The van der Waals surface area contributed by atoms with Crippen LogP contribution in [-0.2, 0) is 6.54 Å². The second-order valence-electron chi connectivity index (χ2n) is 4.82. The molecule has 110 valence electrons. The molecule has 1 aromatic carbocycles. The van der Waals surface area contributed by atoms with E-state index in [0.29, 0.717) is 0 Å². The number of rotatable bonds is 8. The molecule has 0 fully saturated rings. The number of unbranched alkanes of at least 4 members (excludes halogenated alkanes) is 1. The fourth-order valence-electron chi connectivity index (χ4n) is 2.12. The molecule has 0 saturated carbocycles. The Morgan fingerprint density at radius 3 is 2.90 bits per heavy atom. The Morgan fingerprint density at radius 1 is 1.30 bits per heavy atom. The van der Waals surface area contributed by atoms with Crippen molar-refractivity contribution in [2.24, 2.45) is 0 Å². The van der Waals surface area contributed by atoms with Gasteiger partial charge in [0.15, 0.2) is 0 Å². The van der Waals surface area contributed by atoms with E-state index in [0.717, 1.165) is 12.3 Å². The zero-order chi connectivity index (χ0) is 14.4. The summed E-state index contributed by atoms with van der Waals surface area (Å²) in [6.45, 7) is 5.28. The molecule has 2 aromatic rings. The minimum atomic E-state index is 0.871. The summed E-state index contributed by atoms with van der Waals surface area (Å²) in [6, 6.07) is 6.54. The second-order valence-corrected chi connectivity index (χ2v) is 6.42. The lowest BCUT2D eigenvalue weighted by Crippen LogP contribution is -2.03. The Morgan fingerprint density at radius 2 is 2.15 bits per heavy atom. The van der Waals surface area contributed by atoms with Crippen molar-refractivity contribution < 1.29 is 0 Å². The van der Waals surface area contributed by atoms with E-state index in [1.165, 1.54) is 40.7 Å². The Labute approximate surface area is 129 Å². The molecule has 0 saturated heterocycles. The number of hydrogen-bond donors (Lipinski definition) is 3. The number of H-pyrrole nitrogens is 1. The Kier molecular flexibility index (Phi) is 6.13. The maximum atomic E-state index is 3.49. The smallest absolute Gasteiger partial charge is 0.0464 e. The minimum absolute atomic E-state index is 0.871. The van der Waals surface area contributed by atoms with E-state index >= 15 is 0 Å². The number of anilines is 1. The fourth-order valence-corrected chi connectivity index (χ4v) is 3.24. The number of nitrogens with one attached hydrogen (secondary N) is 3. The highest BCUT2D eigenvalue weighted by molar-refractivity contribution is 8.00. The molecule has 1 heterocycles. The first-order valence-corrected chi connectivity index (χ1v) is 9.22. The summed E-state index contributed by atoms with van der Waals surface area (Å²) in [5.74, 6) is 1.16. The van der Waals surface area contributed by atoms with Crippen molar-refractivity contribution in [3.05, 3.63) is 29.5 Å². The van der Waals surface area contributed by atoms with Crippen LogP contribution in [-0.4, -0.2) is 17.0 Å². The van der Waals surface area contributed by atoms with Crippen LogP contribution in [0.4, 0.5) is 5.69 Å². The number of benzene rings is 1. The van der Waals surface area contributed by atoms with Crippen LogP contribution in [0.3, 0.4) is 0 Å². The Hall–Kier alpha value is -0.780. The summed E-state index contributed by atoms with van der Waals surface area (Å²) in [6.07, 6.45) is 4.55. The molecule has 0 spiro atoms. The van der Waals surface area contributed by atoms with Gasteiger partial charge in [-0.25, -0.2) is 0 Å². The van der Waals surface area contributed by atoms with E-state index in [1.54, 1.807) is 23.9 Å². The van der Waals surface area contributed by atoms with Crippen LogP contribution in [0.25, 0.3) is 10.9 Å². The lowest BCUT2D eigenvalue weighted by molar-refractivity contribution is 0.897. The van der Waals surface area contributed by atoms with Gasteiger partial charge in [-0.05, 0) is 43.4 Å². The van der Waals surface area contributed by atoms with Gasteiger partial charge in [-0.15, -0.1) is 0 Å². The quantitative estimate of drug-likeness (QED) is 0.488. The summed E-state index contributed by atoms with van der Waals surface area (Å²) in [5.41, 5.74) is 5.00. The van der Waals surface area contributed by atoms with Crippen molar-refractivity contribution in [1.29, 1.82) is 0 Å². The molecular weight excluding hydrogens is 286 g/mol. The molecule has 0 aliphatic carbocycles. The Bertz CT molecular complexity index is 551. The van der Waals surface area contributed by atoms with Gasteiger partial charge in [0.1, 0.15) is 0 Å². The average molecular weight is 310 g/mol. The van der Waals surface area contributed by atoms with Crippen LogP contribution in [0.5, 0.6) is 0 Å². The van der Waals surface area contributed by atoms with Crippen LogP contribution in [0.15, 0.2) is 18.2 Å². The fraction of sp³-hybridized carbons (Fsp3) is 0.467. The first kappa shape index (κ1) is 15.6. The van der Waals surface area contributed by atoms with Crippen molar-refractivity contribution in [2.75, 3.05) is 16.7 Å². The highest BCUT2D eigenvalue weighted by Gasteiger charge is 2.07. The molecule has 0 radical (unpaired) electrons. The maximum Gasteiger partial charge on any atom is 0.0464 e. The molecule has 0 unspecified atom stereocenters. The maximum absolute atomic E-state index is 3.49. The molecular formula is C15H23N3S2. The number of aryl methyl sites for hydroxylation is 1. The molecule has 20 heavy (non-hydrogen) atoms. The van der Waals surface area contributed by atoms with Gasteiger partial charge in [-0.2, -0.15) is 0 Å². The summed E-state index contributed by atoms with van der Waals surface area (Å²) in [5, 5.41) is 1.31. The van der Waals surface area contributed by atoms with E-state index in [9.17, 15) is 0 Å². The van der Waals surface area contributed by atoms with E-state index in [4.69, 9.17) is 0 Å². The summed E-state index contributed by atoms with van der Waals surface area (Å²) in [7, 11) is 0. The van der Waals surface area contributed by atoms with Gasteiger partial charge in [0.05, 0.1) is 0 Å². The molecule has 5 heteroatoms. The SMILES string of the molecule is CCCCSNc1ccc2[nH]c(CNSC)c(C)c2c1. The lowest BCUT2D eigenvalue weighted by atomic mass is 10.1. The van der Waals surface area contributed by atoms with Crippen molar-refractivity contribution in [3.63, 3.8) is 0 Å². The van der Waals surface area contributed by atoms with Crippen molar-refractivity contribution >= 4 is 40.5 Å². The summed E-state index contributed by atoms with van der Waals surface area (Å²) >= 11 is 3.44. The summed E-state index contributed by atoms with van der Waals surface area (Å²) in [4.78, 5) is 3.49. The molecule has 0 amide bonds. The van der Waals surface area contributed by atoms with Crippen molar-refractivity contribution in [1.82, 2.24) is 9.71 Å². The zero-order valence-corrected chi connectivity index (χ0v) is 14.0. The van der Waals surface area contributed by atoms with Gasteiger partial charge in [0.25, 0.3) is 0 Å². The predicted octanol–water partition coefficient (Wildman–Crippen LogP) is 4.70. The molecule has 0 bridgehead atoms. The van der Waals surface area contributed by atoms with E-state index in [-0.39, 0.29) is 0 Å². The monoisotopic (exact) mass is 309 g/mol. The zero-order valence-electron chi connectivity index (χ0n) is 12.4. The minimum Gasteiger partial charge on any atom is -0.357 e. The van der Waals surface area contributed by atoms with Crippen LogP contribution in [0, 0.1) is 6.92 Å². The average Bonchev–Trinajstić information content (AvgIpc) is 2.78. The third-order valence-corrected chi connectivity index (χ3v) is 4.65. The van der Waals surface area contributed by atoms with Gasteiger partial charge in [-0.1, -0.05) is 37.2 Å². The predicted molar refractivity (Wildman–Crippen MR) is 94.4 cm³/mol. The van der Waals surface area contributed by atoms with Gasteiger partial charge in [0.2, 0.25) is 0 Å². The molecule has 2 rings (SSSR count). The molecule has 0 aliphatic heterocycles. The number of aromatic nitrogens is 1. The molecule has 0 aliphatic rings. The van der Waals surface area contributed by atoms with Gasteiger partial charge in [-0.3, -0.25) is 4.72 Å². The van der Waals surface area contributed by atoms with Crippen LogP contribution >= 0.6 is 23.9 Å². The van der Waals surface area contributed by atoms with Crippen LogP contribution < -0.4 is 9.44 Å². The standard InChI is InChI=1S/C15H23N3S2/c1-4-5-8-20-18-12-6-7-14-13(9-12)11(2)15(17-14)10-16-19-3/h6-7,9,16-18H,4-5,8,10H2,1-3H3. The van der Waals surface area contributed by atoms with Gasteiger partial charge in [0, 0.05) is 34.6 Å². The lowest BCUT2D eigenvalue weighted by Gasteiger charge is -2.05. The van der Waals surface area contributed by atoms with Crippen LogP contribution in [0.1, 0.15) is 31.0 Å². The normalized spacial score (nSPS) is 11.2. The first-order chi connectivity index (χ1) is 9.76. The molecule has 0 atom stereocenters. The summed E-state index contributed by atoms with van der Waals surface area (Å²) < 4.78 is 6.73. The van der Waals surface area contributed by atoms with Crippen LogP contribution in [0.2, 0.25) is 0 Å². The third-order valence-electron chi connectivity index (χ3n) is 3.35. The van der Waals surface area contributed by atoms with Crippen molar-refractivity contribution in [2.45, 2.75) is 33.2 Å². The first-order valence-electron chi connectivity index (χ1n) is 7.01.